The van der Waals surface area contributed by atoms with E-state index in [2.05, 4.69) is 19.9 Å². The van der Waals surface area contributed by atoms with Gasteiger partial charge in [0.2, 0.25) is 0 Å². The fourth-order valence-corrected chi connectivity index (χ4v) is 6.45. The molecule has 4 rings (SSSR count). The van der Waals surface area contributed by atoms with E-state index in [9.17, 15) is 9.90 Å². The molecule has 3 fully saturated rings. The fraction of sp³-hybridized carbons (Fsp3) is 0.789. The number of ketones is 1. The summed E-state index contributed by atoms with van der Waals surface area (Å²) in [5, 5.41) is 18.1. The highest BCUT2D eigenvalue weighted by molar-refractivity contribution is 5.93. The molecule has 4 aliphatic rings. The molecule has 4 aliphatic carbocycles. The van der Waals surface area contributed by atoms with Gasteiger partial charge in [-0.15, -0.1) is 0 Å². The van der Waals surface area contributed by atoms with Crippen LogP contribution in [0, 0.1) is 39.9 Å². The number of aliphatic hydroxyl groups is 1. The summed E-state index contributed by atoms with van der Waals surface area (Å²) in [7, 11) is 0. The smallest absolute Gasteiger partial charge is 0.167 e. The van der Waals surface area contributed by atoms with Crippen molar-refractivity contribution in [1.29, 1.82) is 5.41 Å². The maximum atomic E-state index is 12.4. The van der Waals surface area contributed by atoms with E-state index in [0.29, 0.717) is 30.1 Å². The van der Waals surface area contributed by atoms with Gasteiger partial charge in [-0.1, -0.05) is 19.9 Å². The molecule has 0 aromatic rings. The molecular weight excluding hydrogens is 274 g/mol. The van der Waals surface area contributed by atoms with Crippen molar-refractivity contribution in [2.24, 2.45) is 34.5 Å². The lowest BCUT2D eigenvalue weighted by molar-refractivity contribution is -0.138. The SMILES string of the molecule is C[C@]12C=CC(=N)CC1CC[C@@H]1[C@H]2CC[C@]2(C)C(=O)C(O)C[C@@H]12. The molecule has 22 heavy (non-hydrogen) atoms. The van der Waals surface area contributed by atoms with Gasteiger partial charge in [0.05, 0.1) is 0 Å². The third-order valence-electron chi connectivity index (χ3n) is 7.81. The van der Waals surface area contributed by atoms with Crippen molar-refractivity contribution in [3.63, 3.8) is 0 Å². The third-order valence-corrected chi connectivity index (χ3v) is 7.81. The first-order valence-corrected chi connectivity index (χ1v) is 8.85. The number of allylic oxidation sites excluding steroid dienone is 2. The van der Waals surface area contributed by atoms with Gasteiger partial charge in [0.15, 0.2) is 5.78 Å². The normalized spacial score (nSPS) is 53.9. The summed E-state index contributed by atoms with van der Waals surface area (Å²) in [6.45, 7) is 4.49. The molecule has 0 spiro atoms. The number of nitrogens with one attached hydrogen (secondary N) is 1. The second kappa shape index (κ2) is 4.53. The average Bonchev–Trinajstić information content (AvgIpc) is 2.72. The van der Waals surface area contributed by atoms with Crippen LogP contribution in [0.1, 0.15) is 52.4 Å². The number of hydrogen-bond acceptors (Lipinski definition) is 3. The van der Waals surface area contributed by atoms with Crippen molar-refractivity contribution in [2.45, 2.75) is 58.5 Å². The second-order valence-electron chi connectivity index (χ2n) is 8.65. The van der Waals surface area contributed by atoms with Crippen molar-refractivity contribution in [3.8, 4) is 0 Å². The predicted octanol–water partition coefficient (Wildman–Crippen LogP) is 3.36. The Kier molecular flexibility index (Phi) is 3.01. The number of aliphatic hydroxyl groups excluding tert-OH is 1. The minimum absolute atomic E-state index is 0.101. The van der Waals surface area contributed by atoms with Crippen LogP contribution in [0.5, 0.6) is 0 Å². The lowest BCUT2D eigenvalue weighted by atomic mass is 9.46. The van der Waals surface area contributed by atoms with E-state index in [1.807, 2.05) is 6.08 Å². The number of Topliss-reactive ketones (excluding diaryl/α,β-unsaturated/α-hetero) is 1. The molecule has 3 heteroatoms. The van der Waals surface area contributed by atoms with E-state index >= 15 is 0 Å². The zero-order chi connectivity index (χ0) is 15.7. The lowest BCUT2D eigenvalue weighted by Crippen LogP contribution is -2.52. The molecule has 3 nitrogen and oxygen atoms in total. The van der Waals surface area contributed by atoms with E-state index in [1.54, 1.807) is 0 Å². The standard InChI is InChI=1S/C19H27NO2/c1-18-7-5-12(20)9-11(18)3-4-13-14(18)6-8-19(2)15(13)10-16(21)17(19)22/h5,7,11,13-16,20-21H,3-4,6,8-10H2,1-2H3/t11?,13-,14-,15+,16?,18+,19+/m1/s1. The molecule has 0 aromatic carbocycles. The number of hydrogen-bond donors (Lipinski definition) is 2. The second-order valence-corrected chi connectivity index (χ2v) is 8.65. The Morgan fingerprint density at radius 3 is 2.77 bits per heavy atom. The number of carbonyl (C=O) groups excluding carboxylic acids is 1. The Bertz CT molecular complexity index is 568. The lowest BCUT2D eigenvalue weighted by Gasteiger charge is -2.57. The molecular formula is C19H27NO2. The Labute approximate surface area is 132 Å². The van der Waals surface area contributed by atoms with Crippen LogP contribution in [-0.2, 0) is 4.79 Å². The van der Waals surface area contributed by atoms with Crippen molar-refractivity contribution < 1.29 is 9.90 Å². The number of carbonyl (C=O) groups is 1. The summed E-state index contributed by atoms with van der Waals surface area (Å²) in [5.74, 6) is 2.24. The van der Waals surface area contributed by atoms with E-state index in [0.717, 1.165) is 25.0 Å². The van der Waals surface area contributed by atoms with Crippen molar-refractivity contribution >= 4 is 11.5 Å². The van der Waals surface area contributed by atoms with E-state index < -0.39 is 6.10 Å². The van der Waals surface area contributed by atoms with E-state index in [4.69, 9.17) is 5.41 Å². The average molecular weight is 301 g/mol. The van der Waals surface area contributed by atoms with Crippen LogP contribution in [0.25, 0.3) is 0 Å². The monoisotopic (exact) mass is 301 g/mol. The Morgan fingerprint density at radius 1 is 1.23 bits per heavy atom. The molecule has 0 saturated heterocycles. The minimum atomic E-state index is -0.727. The third kappa shape index (κ3) is 1.72. The Hall–Kier alpha value is -0.960. The molecule has 0 radical (unpaired) electrons. The molecule has 0 aliphatic heterocycles. The Morgan fingerprint density at radius 2 is 2.00 bits per heavy atom. The molecule has 0 heterocycles. The highest BCUT2D eigenvalue weighted by Gasteiger charge is 2.61. The van der Waals surface area contributed by atoms with Crippen LogP contribution in [-0.4, -0.2) is 22.7 Å². The van der Waals surface area contributed by atoms with Crippen LogP contribution < -0.4 is 0 Å². The van der Waals surface area contributed by atoms with Gasteiger partial charge in [0, 0.05) is 11.1 Å². The molecule has 0 bridgehead atoms. The van der Waals surface area contributed by atoms with Gasteiger partial charge in [-0.3, -0.25) is 4.79 Å². The maximum Gasteiger partial charge on any atom is 0.167 e. The van der Waals surface area contributed by atoms with Crippen molar-refractivity contribution in [1.82, 2.24) is 0 Å². The molecule has 7 atom stereocenters. The van der Waals surface area contributed by atoms with Gasteiger partial charge in [0.25, 0.3) is 0 Å². The summed E-state index contributed by atoms with van der Waals surface area (Å²) in [6.07, 6.45) is 9.55. The van der Waals surface area contributed by atoms with E-state index in [1.165, 1.54) is 12.8 Å². The quantitative estimate of drug-likeness (QED) is 0.720. The van der Waals surface area contributed by atoms with Gasteiger partial charge in [-0.25, -0.2) is 0 Å². The van der Waals surface area contributed by atoms with E-state index in [-0.39, 0.29) is 16.6 Å². The van der Waals surface area contributed by atoms with Crippen molar-refractivity contribution in [2.75, 3.05) is 0 Å². The Balaban J connectivity index is 1.70. The largest absolute Gasteiger partial charge is 0.385 e. The van der Waals surface area contributed by atoms with Crippen LogP contribution in [0.2, 0.25) is 0 Å². The zero-order valence-electron chi connectivity index (χ0n) is 13.6. The summed E-state index contributed by atoms with van der Waals surface area (Å²) in [5.41, 5.74) is 0.674. The number of fused-ring (bicyclic) bond motifs is 5. The van der Waals surface area contributed by atoms with Crippen LogP contribution >= 0.6 is 0 Å². The van der Waals surface area contributed by atoms with Crippen LogP contribution in [0.15, 0.2) is 12.2 Å². The van der Waals surface area contributed by atoms with Gasteiger partial charge < -0.3 is 10.5 Å². The van der Waals surface area contributed by atoms with Gasteiger partial charge in [0.1, 0.15) is 6.10 Å². The summed E-state index contributed by atoms with van der Waals surface area (Å²) in [4.78, 5) is 12.4. The molecule has 0 aromatic heterocycles. The highest BCUT2D eigenvalue weighted by Crippen LogP contribution is 2.64. The topological polar surface area (TPSA) is 61.2 Å². The molecule has 0 amide bonds. The summed E-state index contributed by atoms with van der Waals surface area (Å²) < 4.78 is 0. The molecule has 2 N–H and O–H groups in total. The van der Waals surface area contributed by atoms with Gasteiger partial charge in [-0.05, 0) is 73.7 Å². The first-order chi connectivity index (χ1) is 10.4. The highest BCUT2D eigenvalue weighted by atomic mass is 16.3. The molecule has 120 valence electrons. The summed E-state index contributed by atoms with van der Waals surface area (Å²) >= 11 is 0. The van der Waals surface area contributed by atoms with Gasteiger partial charge >= 0.3 is 0 Å². The van der Waals surface area contributed by atoms with Crippen LogP contribution in [0.4, 0.5) is 0 Å². The molecule has 3 saturated carbocycles. The fourth-order valence-electron chi connectivity index (χ4n) is 6.45. The molecule has 2 unspecified atom stereocenters. The van der Waals surface area contributed by atoms with Crippen molar-refractivity contribution in [3.05, 3.63) is 12.2 Å². The maximum absolute atomic E-state index is 12.4. The predicted molar refractivity (Wildman–Crippen MR) is 85.8 cm³/mol. The number of rotatable bonds is 0. The first kappa shape index (κ1) is 14.6. The van der Waals surface area contributed by atoms with Crippen LogP contribution in [0.3, 0.4) is 0 Å². The zero-order valence-corrected chi connectivity index (χ0v) is 13.6. The van der Waals surface area contributed by atoms with Gasteiger partial charge in [-0.2, -0.15) is 0 Å². The summed E-state index contributed by atoms with van der Waals surface area (Å²) in [6, 6.07) is 0. The minimum Gasteiger partial charge on any atom is -0.385 e. The first-order valence-electron chi connectivity index (χ1n) is 8.85.